The molecule has 0 bridgehead atoms. The minimum absolute atomic E-state index is 0.490. The van der Waals surface area contributed by atoms with Crippen LogP contribution in [0.25, 0.3) is 0 Å². The van der Waals surface area contributed by atoms with Crippen molar-refractivity contribution in [2.75, 3.05) is 0 Å². The molecule has 0 radical (unpaired) electrons. The molecule has 2 rings (SSSR count). The van der Waals surface area contributed by atoms with Gasteiger partial charge in [-0.1, -0.05) is 30.3 Å². The number of benzene rings is 1. The Morgan fingerprint density at radius 3 is 2.47 bits per heavy atom. The Morgan fingerprint density at radius 1 is 1.13 bits per heavy atom. The second kappa shape index (κ2) is 3.91. The first-order valence-electron chi connectivity index (χ1n) is 4.99. The van der Waals surface area contributed by atoms with E-state index in [-0.39, 0.29) is 0 Å². The first-order chi connectivity index (χ1) is 7.18. The highest BCUT2D eigenvalue weighted by Crippen LogP contribution is 2.24. The van der Waals surface area contributed by atoms with Crippen molar-refractivity contribution in [2.45, 2.75) is 18.9 Å². The van der Waals surface area contributed by atoms with E-state index in [4.69, 9.17) is 4.42 Å². The highest BCUT2D eigenvalue weighted by Gasteiger charge is 2.24. The average molecular weight is 202 g/mol. The van der Waals surface area contributed by atoms with E-state index in [2.05, 4.69) is 0 Å². The summed E-state index contributed by atoms with van der Waals surface area (Å²) in [7, 11) is 0. The zero-order valence-corrected chi connectivity index (χ0v) is 8.68. The van der Waals surface area contributed by atoms with Crippen LogP contribution in [0, 0.1) is 0 Å². The highest BCUT2D eigenvalue weighted by atomic mass is 16.3. The van der Waals surface area contributed by atoms with Gasteiger partial charge in [0.15, 0.2) is 0 Å². The number of rotatable bonds is 3. The van der Waals surface area contributed by atoms with Crippen molar-refractivity contribution in [1.82, 2.24) is 0 Å². The monoisotopic (exact) mass is 202 g/mol. The maximum Gasteiger partial charge on any atom is 0.106 e. The Balaban J connectivity index is 2.20. The van der Waals surface area contributed by atoms with Crippen molar-refractivity contribution >= 4 is 0 Å². The smallest absolute Gasteiger partial charge is 0.106 e. The van der Waals surface area contributed by atoms with Crippen molar-refractivity contribution in [1.29, 1.82) is 0 Å². The fourth-order valence-corrected chi connectivity index (χ4v) is 1.65. The van der Waals surface area contributed by atoms with Gasteiger partial charge in [0.05, 0.1) is 11.9 Å². The molecule has 2 aromatic rings. The van der Waals surface area contributed by atoms with Crippen LogP contribution < -0.4 is 0 Å². The van der Waals surface area contributed by atoms with Crippen LogP contribution in [0.5, 0.6) is 0 Å². The Labute approximate surface area is 89.2 Å². The molecule has 0 spiro atoms. The molecule has 0 amide bonds. The maximum atomic E-state index is 10.3. The van der Waals surface area contributed by atoms with Crippen LogP contribution in [-0.4, -0.2) is 5.11 Å². The van der Waals surface area contributed by atoms with Gasteiger partial charge >= 0.3 is 0 Å². The lowest BCUT2D eigenvalue weighted by atomic mass is 9.92. The summed E-state index contributed by atoms with van der Waals surface area (Å²) < 4.78 is 5.23. The predicted octanol–water partition coefficient (Wildman–Crippen LogP) is 2.73. The van der Waals surface area contributed by atoms with Gasteiger partial charge in [0.2, 0.25) is 0 Å². The normalized spacial score (nSPS) is 14.8. The third kappa shape index (κ3) is 2.28. The zero-order chi connectivity index (χ0) is 10.7. The molecule has 0 aliphatic heterocycles. The minimum atomic E-state index is -0.876. The quantitative estimate of drug-likeness (QED) is 0.830. The van der Waals surface area contributed by atoms with Gasteiger partial charge in [-0.25, -0.2) is 0 Å². The Bertz CT molecular complexity index is 401. The maximum absolute atomic E-state index is 10.3. The van der Waals surface area contributed by atoms with Crippen molar-refractivity contribution in [3.05, 3.63) is 60.1 Å². The molecule has 78 valence electrons. The first-order valence-corrected chi connectivity index (χ1v) is 4.99. The van der Waals surface area contributed by atoms with E-state index in [0.29, 0.717) is 6.42 Å². The van der Waals surface area contributed by atoms with Crippen LogP contribution in [0.15, 0.2) is 53.1 Å². The second-order valence-corrected chi connectivity index (χ2v) is 3.90. The first kappa shape index (κ1) is 9.99. The average Bonchev–Trinajstić information content (AvgIpc) is 2.71. The van der Waals surface area contributed by atoms with Gasteiger partial charge in [0, 0.05) is 6.42 Å². The lowest BCUT2D eigenvalue weighted by molar-refractivity contribution is 0.0521. The van der Waals surface area contributed by atoms with Gasteiger partial charge in [0.1, 0.15) is 5.76 Å². The molecule has 1 aromatic heterocycles. The molecule has 1 unspecified atom stereocenters. The van der Waals surface area contributed by atoms with Gasteiger partial charge in [-0.05, 0) is 24.6 Å². The molecule has 2 heteroatoms. The summed E-state index contributed by atoms with van der Waals surface area (Å²) in [5, 5.41) is 10.3. The van der Waals surface area contributed by atoms with Crippen molar-refractivity contribution < 1.29 is 9.52 Å². The van der Waals surface area contributed by atoms with E-state index in [1.807, 2.05) is 42.5 Å². The standard InChI is InChI=1S/C13H14O2/c1-13(14,10-12-8-5-9-15-12)11-6-3-2-4-7-11/h2-9,14H,10H2,1H3. The molecule has 0 fully saturated rings. The van der Waals surface area contributed by atoms with Crippen molar-refractivity contribution in [2.24, 2.45) is 0 Å². The summed E-state index contributed by atoms with van der Waals surface area (Å²) in [6, 6.07) is 13.3. The van der Waals surface area contributed by atoms with E-state index in [1.165, 1.54) is 0 Å². The Kier molecular flexibility index (Phi) is 2.60. The fraction of sp³-hybridized carbons (Fsp3) is 0.231. The summed E-state index contributed by atoms with van der Waals surface area (Å²) in [6.45, 7) is 1.80. The van der Waals surface area contributed by atoms with Gasteiger partial charge in [0.25, 0.3) is 0 Å². The number of furan rings is 1. The number of aliphatic hydroxyl groups is 1. The van der Waals surface area contributed by atoms with Crippen LogP contribution in [-0.2, 0) is 12.0 Å². The highest BCUT2D eigenvalue weighted by molar-refractivity contribution is 5.23. The SMILES string of the molecule is CC(O)(Cc1ccco1)c1ccccc1. The molecule has 0 aliphatic rings. The van der Waals surface area contributed by atoms with E-state index in [9.17, 15) is 5.11 Å². The Hall–Kier alpha value is -1.54. The lowest BCUT2D eigenvalue weighted by Gasteiger charge is -2.22. The van der Waals surface area contributed by atoms with E-state index < -0.39 is 5.60 Å². The van der Waals surface area contributed by atoms with Gasteiger partial charge in [-0.15, -0.1) is 0 Å². The Morgan fingerprint density at radius 2 is 1.87 bits per heavy atom. The van der Waals surface area contributed by atoms with Crippen LogP contribution in [0.2, 0.25) is 0 Å². The van der Waals surface area contributed by atoms with Gasteiger partial charge in [-0.3, -0.25) is 0 Å². The fourth-order valence-electron chi connectivity index (χ4n) is 1.65. The second-order valence-electron chi connectivity index (χ2n) is 3.90. The molecule has 0 saturated heterocycles. The largest absolute Gasteiger partial charge is 0.469 e. The minimum Gasteiger partial charge on any atom is -0.469 e. The van der Waals surface area contributed by atoms with Gasteiger partial charge in [-0.2, -0.15) is 0 Å². The topological polar surface area (TPSA) is 33.4 Å². The molecule has 2 nitrogen and oxygen atoms in total. The van der Waals surface area contributed by atoms with Crippen molar-refractivity contribution in [3.8, 4) is 0 Å². The van der Waals surface area contributed by atoms with Crippen LogP contribution >= 0.6 is 0 Å². The molecule has 1 heterocycles. The summed E-state index contributed by atoms with van der Waals surface area (Å²) in [4.78, 5) is 0. The van der Waals surface area contributed by atoms with E-state index in [0.717, 1.165) is 11.3 Å². The predicted molar refractivity (Wildman–Crippen MR) is 58.4 cm³/mol. The third-order valence-corrected chi connectivity index (χ3v) is 2.49. The van der Waals surface area contributed by atoms with Crippen molar-refractivity contribution in [3.63, 3.8) is 0 Å². The molecule has 0 saturated carbocycles. The zero-order valence-electron chi connectivity index (χ0n) is 8.68. The summed E-state index contributed by atoms with van der Waals surface area (Å²) in [5.41, 5.74) is 0.0282. The van der Waals surface area contributed by atoms with Gasteiger partial charge < -0.3 is 9.52 Å². The molecule has 1 N–H and O–H groups in total. The summed E-state index contributed by atoms with van der Waals surface area (Å²) in [5.74, 6) is 0.795. The molecule has 1 aromatic carbocycles. The summed E-state index contributed by atoms with van der Waals surface area (Å²) in [6.07, 6.45) is 2.11. The van der Waals surface area contributed by atoms with E-state index in [1.54, 1.807) is 13.2 Å². The van der Waals surface area contributed by atoms with Crippen LogP contribution in [0.4, 0.5) is 0 Å². The number of hydrogen-bond donors (Lipinski definition) is 1. The molecular formula is C13H14O2. The summed E-state index contributed by atoms with van der Waals surface area (Å²) >= 11 is 0. The molecular weight excluding hydrogens is 188 g/mol. The lowest BCUT2D eigenvalue weighted by Crippen LogP contribution is -2.23. The molecule has 1 atom stereocenters. The molecule has 0 aliphatic carbocycles. The third-order valence-electron chi connectivity index (χ3n) is 2.49. The van der Waals surface area contributed by atoms with Crippen LogP contribution in [0.3, 0.4) is 0 Å². The van der Waals surface area contributed by atoms with Crippen LogP contribution in [0.1, 0.15) is 18.2 Å². The number of hydrogen-bond acceptors (Lipinski definition) is 2. The van der Waals surface area contributed by atoms with E-state index >= 15 is 0 Å². The molecule has 15 heavy (non-hydrogen) atoms.